The fraction of sp³-hybridized carbons (Fsp3) is 0.250. The van der Waals surface area contributed by atoms with Gasteiger partial charge in [-0.1, -0.05) is 34.1 Å². The lowest BCUT2D eigenvalue weighted by atomic mass is 10.2. The van der Waals surface area contributed by atoms with Crippen LogP contribution in [0.2, 0.25) is 0 Å². The maximum Gasteiger partial charge on any atom is 0.252 e. The Morgan fingerprint density at radius 2 is 2.05 bits per heavy atom. The molecule has 22 heavy (non-hydrogen) atoms. The molecule has 0 saturated heterocycles. The second-order valence-electron chi connectivity index (χ2n) is 5.11. The average Bonchev–Trinajstić information content (AvgIpc) is 2.51. The summed E-state index contributed by atoms with van der Waals surface area (Å²) < 4.78 is 2.74. The minimum absolute atomic E-state index is 0.000218. The first-order valence-corrected chi connectivity index (χ1v) is 8.96. The third kappa shape index (κ3) is 2.85. The van der Waals surface area contributed by atoms with Crippen molar-refractivity contribution in [1.82, 2.24) is 9.47 Å². The van der Waals surface area contributed by atoms with E-state index in [1.807, 2.05) is 49.8 Å². The molecule has 3 rings (SSSR count). The van der Waals surface area contributed by atoms with Crippen LogP contribution in [-0.2, 0) is 6.54 Å². The second kappa shape index (κ2) is 6.30. The molecule has 2 aromatic rings. The predicted octanol–water partition coefficient (Wildman–Crippen LogP) is 1.61. The zero-order valence-corrected chi connectivity index (χ0v) is 14.8. The fourth-order valence-electron chi connectivity index (χ4n) is 2.48. The molecule has 1 aromatic heterocycles. The monoisotopic (exact) mass is 377 g/mol. The fourth-order valence-corrected chi connectivity index (χ4v) is 3.49. The molecule has 1 aliphatic rings. The minimum Gasteiger partial charge on any atom is -0.350 e. The van der Waals surface area contributed by atoms with Gasteiger partial charge in [0, 0.05) is 29.0 Å². The molecule has 0 aliphatic carbocycles. The molecule has 0 amide bonds. The van der Waals surface area contributed by atoms with Crippen LogP contribution in [0, 0.1) is 0 Å². The van der Waals surface area contributed by atoms with Gasteiger partial charge in [-0.2, -0.15) is 0 Å². The number of hydrogen-bond acceptors (Lipinski definition) is 4. The molecule has 2 heterocycles. The van der Waals surface area contributed by atoms with E-state index in [9.17, 15) is 4.79 Å². The maximum absolute atomic E-state index is 12.3. The molecule has 4 nitrogen and oxygen atoms in total. The van der Waals surface area contributed by atoms with Crippen LogP contribution in [0.3, 0.4) is 0 Å². The molecular formula is C16H16BrN3OS. The van der Waals surface area contributed by atoms with Gasteiger partial charge >= 0.3 is 0 Å². The minimum atomic E-state index is -0.0314. The van der Waals surface area contributed by atoms with E-state index in [0.717, 1.165) is 20.7 Å². The molecule has 6 heteroatoms. The third-order valence-electron chi connectivity index (χ3n) is 3.61. The van der Waals surface area contributed by atoms with Crippen LogP contribution in [-0.4, -0.2) is 28.3 Å². The summed E-state index contributed by atoms with van der Waals surface area (Å²) in [6.45, 7) is 0.506. The molecular weight excluding hydrogens is 362 g/mol. The van der Waals surface area contributed by atoms with Crippen molar-refractivity contribution in [3.05, 3.63) is 67.5 Å². The number of rotatable bonds is 3. The Bertz CT molecular complexity index is 878. The summed E-state index contributed by atoms with van der Waals surface area (Å²) in [6, 6.07) is 11.4. The van der Waals surface area contributed by atoms with Crippen LogP contribution in [0.5, 0.6) is 0 Å². The Labute approximate surface area is 141 Å². The van der Waals surface area contributed by atoms with Gasteiger partial charge in [0.05, 0.1) is 6.54 Å². The van der Waals surface area contributed by atoms with E-state index >= 15 is 0 Å². The number of thioether (sulfide) groups is 1. The molecule has 1 atom stereocenters. The summed E-state index contributed by atoms with van der Waals surface area (Å²) in [4.78, 5) is 19.1. The lowest BCUT2D eigenvalue weighted by Crippen LogP contribution is -2.48. The lowest BCUT2D eigenvalue weighted by molar-refractivity contribution is 0.451. The molecule has 1 aliphatic heterocycles. The Morgan fingerprint density at radius 3 is 2.77 bits per heavy atom. The molecule has 114 valence electrons. The quantitative estimate of drug-likeness (QED) is 0.815. The Morgan fingerprint density at radius 1 is 1.27 bits per heavy atom. The van der Waals surface area contributed by atoms with Crippen molar-refractivity contribution in [3.8, 4) is 0 Å². The molecule has 0 radical (unpaired) electrons. The smallest absolute Gasteiger partial charge is 0.252 e. The number of halogens is 1. The summed E-state index contributed by atoms with van der Waals surface area (Å²) in [5, 5.41) is 0.972. The molecule has 0 bridgehead atoms. The molecule has 1 aromatic carbocycles. The van der Waals surface area contributed by atoms with Crippen LogP contribution >= 0.6 is 27.7 Å². The Kier molecular flexibility index (Phi) is 4.40. The third-order valence-corrected chi connectivity index (χ3v) is 5.24. The number of fused-ring (bicyclic) bond motifs is 1. The SMILES string of the molecule is CSC1N=c2c(ccc(=O)n2Cc2ccccc2Br)=CN1C. The zero-order valence-electron chi connectivity index (χ0n) is 12.4. The number of aromatic nitrogens is 1. The van der Waals surface area contributed by atoms with E-state index in [0.29, 0.717) is 6.54 Å². The highest BCUT2D eigenvalue weighted by molar-refractivity contribution is 9.10. The van der Waals surface area contributed by atoms with Crippen LogP contribution in [0.1, 0.15) is 5.56 Å². The number of benzene rings is 1. The van der Waals surface area contributed by atoms with Crippen LogP contribution in [0.25, 0.3) is 6.20 Å². The number of nitrogens with zero attached hydrogens (tertiary/aromatic N) is 3. The van der Waals surface area contributed by atoms with E-state index in [1.165, 1.54) is 0 Å². The first kappa shape index (κ1) is 15.4. The van der Waals surface area contributed by atoms with Gasteiger partial charge < -0.3 is 4.90 Å². The first-order chi connectivity index (χ1) is 10.6. The molecule has 0 saturated carbocycles. The highest BCUT2D eigenvalue weighted by Gasteiger charge is 2.15. The first-order valence-electron chi connectivity index (χ1n) is 6.88. The van der Waals surface area contributed by atoms with Crippen molar-refractivity contribution in [1.29, 1.82) is 0 Å². The Balaban J connectivity index is 2.18. The maximum atomic E-state index is 12.3. The van der Waals surface area contributed by atoms with Crippen molar-refractivity contribution < 1.29 is 0 Å². The van der Waals surface area contributed by atoms with Crippen LogP contribution < -0.4 is 16.3 Å². The average molecular weight is 378 g/mol. The highest BCUT2D eigenvalue weighted by atomic mass is 79.9. The van der Waals surface area contributed by atoms with E-state index < -0.39 is 0 Å². The summed E-state index contributed by atoms with van der Waals surface area (Å²) in [5.41, 5.74) is 1.78. The summed E-state index contributed by atoms with van der Waals surface area (Å²) in [5.74, 6) is 0. The van der Waals surface area contributed by atoms with Gasteiger partial charge in [0.2, 0.25) is 0 Å². The van der Waals surface area contributed by atoms with Gasteiger partial charge in [0.15, 0.2) is 5.50 Å². The molecule has 1 unspecified atom stereocenters. The van der Waals surface area contributed by atoms with Crippen molar-refractivity contribution in [2.45, 2.75) is 12.0 Å². The molecule has 0 fully saturated rings. The standard InChI is InChI=1S/C16H16BrN3OS/c1-19-9-12-7-8-14(21)20(15(12)18-16(19)22-2)10-11-5-3-4-6-13(11)17/h3-9,16H,10H2,1-2H3. The van der Waals surface area contributed by atoms with Crippen molar-refractivity contribution >= 4 is 33.9 Å². The van der Waals surface area contributed by atoms with Crippen molar-refractivity contribution in [3.63, 3.8) is 0 Å². The van der Waals surface area contributed by atoms with Gasteiger partial charge in [-0.05, 0) is 24.0 Å². The van der Waals surface area contributed by atoms with Gasteiger partial charge in [-0.15, -0.1) is 11.8 Å². The molecule has 0 N–H and O–H groups in total. The lowest BCUT2D eigenvalue weighted by Gasteiger charge is -2.24. The van der Waals surface area contributed by atoms with Gasteiger partial charge in [0.1, 0.15) is 5.49 Å². The van der Waals surface area contributed by atoms with E-state index in [-0.39, 0.29) is 11.1 Å². The van der Waals surface area contributed by atoms with Crippen molar-refractivity contribution in [2.75, 3.05) is 13.3 Å². The summed E-state index contributed by atoms with van der Waals surface area (Å²) >= 11 is 5.19. The van der Waals surface area contributed by atoms with E-state index in [2.05, 4.69) is 20.8 Å². The number of hydrogen-bond donors (Lipinski definition) is 0. The van der Waals surface area contributed by atoms with E-state index in [4.69, 9.17) is 4.99 Å². The summed E-state index contributed by atoms with van der Waals surface area (Å²) in [6.07, 6.45) is 4.06. The van der Waals surface area contributed by atoms with Crippen LogP contribution in [0.15, 0.2) is 50.7 Å². The topological polar surface area (TPSA) is 37.6 Å². The van der Waals surface area contributed by atoms with Crippen molar-refractivity contribution in [2.24, 2.45) is 4.99 Å². The van der Waals surface area contributed by atoms with Gasteiger partial charge in [-0.25, -0.2) is 4.99 Å². The highest BCUT2D eigenvalue weighted by Crippen LogP contribution is 2.16. The van der Waals surface area contributed by atoms with Gasteiger partial charge in [0.25, 0.3) is 5.56 Å². The van der Waals surface area contributed by atoms with E-state index in [1.54, 1.807) is 22.4 Å². The van der Waals surface area contributed by atoms with Crippen LogP contribution in [0.4, 0.5) is 0 Å². The Hall–Kier alpha value is -1.53. The zero-order chi connectivity index (χ0) is 15.7. The largest absolute Gasteiger partial charge is 0.350 e. The number of pyridine rings is 1. The molecule has 0 spiro atoms. The summed E-state index contributed by atoms with van der Waals surface area (Å²) in [7, 11) is 2.00. The predicted molar refractivity (Wildman–Crippen MR) is 94.3 cm³/mol. The normalized spacial score (nSPS) is 16.7. The second-order valence-corrected chi connectivity index (χ2v) is 6.86. The van der Waals surface area contributed by atoms with Gasteiger partial charge in [-0.3, -0.25) is 9.36 Å².